The SMILES string of the molecule is COc1cc(C(Br)Br)c(OC)cc1C(Br)Br. The first kappa shape index (κ1) is 14.8. The van der Waals surface area contributed by atoms with Gasteiger partial charge < -0.3 is 9.47 Å². The molecule has 0 N–H and O–H groups in total. The average Bonchev–Trinajstić information content (AvgIpc) is 2.26. The van der Waals surface area contributed by atoms with E-state index in [2.05, 4.69) is 63.7 Å². The molecule has 2 nitrogen and oxygen atoms in total. The fourth-order valence-corrected chi connectivity index (χ4v) is 2.72. The lowest BCUT2D eigenvalue weighted by Gasteiger charge is -2.16. The Morgan fingerprint density at radius 3 is 1.31 bits per heavy atom. The van der Waals surface area contributed by atoms with Crippen molar-refractivity contribution in [3.63, 3.8) is 0 Å². The first-order chi connectivity index (χ1) is 7.51. The zero-order chi connectivity index (χ0) is 12.3. The summed E-state index contributed by atoms with van der Waals surface area (Å²) in [4.78, 5) is 0. The summed E-state index contributed by atoms with van der Waals surface area (Å²) in [5, 5.41) is 0. The first-order valence-electron chi connectivity index (χ1n) is 4.33. The summed E-state index contributed by atoms with van der Waals surface area (Å²) in [6.07, 6.45) is 0. The first-order valence-corrected chi connectivity index (χ1v) is 7.99. The highest BCUT2D eigenvalue weighted by molar-refractivity contribution is 9.24. The van der Waals surface area contributed by atoms with Crippen LogP contribution in [0.2, 0.25) is 0 Å². The second-order valence-corrected chi connectivity index (χ2v) is 9.06. The lowest BCUT2D eigenvalue weighted by Crippen LogP contribution is -1.97. The highest BCUT2D eigenvalue weighted by Crippen LogP contribution is 2.44. The largest absolute Gasteiger partial charge is 0.496 e. The molecule has 0 fully saturated rings. The maximum absolute atomic E-state index is 5.34. The van der Waals surface area contributed by atoms with Gasteiger partial charge in [0, 0.05) is 11.1 Å². The maximum atomic E-state index is 5.34. The molecular formula is C10H10Br4O2. The fourth-order valence-electron chi connectivity index (χ4n) is 1.29. The van der Waals surface area contributed by atoms with Gasteiger partial charge in [0.1, 0.15) is 11.5 Å². The van der Waals surface area contributed by atoms with Crippen molar-refractivity contribution in [2.75, 3.05) is 14.2 Å². The Hall–Kier alpha value is 0.740. The molecular weight excluding hydrogens is 472 g/mol. The van der Waals surface area contributed by atoms with Gasteiger partial charge in [-0.3, -0.25) is 0 Å². The van der Waals surface area contributed by atoms with Crippen molar-refractivity contribution in [3.8, 4) is 11.5 Å². The van der Waals surface area contributed by atoms with E-state index >= 15 is 0 Å². The standard InChI is InChI=1S/C10H10Br4O2/c1-15-7-3-6(10(13)14)8(16-2)4-5(7)9(11)12/h3-4,9-10H,1-2H3. The second kappa shape index (κ2) is 6.61. The van der Waals surface area contributed by atoms with Crippen molar-refractivity contribution in [3.05, 3.63) is 23.3 Å². The predicted octanol–water partition coefficient (Wildman–Crippen LogP) is 5.28. The quantitative estimate of drug-likeness (QED) is 0.545. The summed E-state index contributed by atoms with van der Waals surface area (Å²) in [5.74, 6) is 1.61. The van der Waals surface area contributed by atoms with Gasteiger partial charge in [-0.15, -0.1) is 0 Å². The Labute approximate surface area is 129 Å². The molecule has 1 aromatic carbocycles. The molecule has 6 heteroatoms. The van der Waals surface area contributed by atoms with Crippen LogP contribution in [0.25, 0.3) is 0 Å². The van der Waals surface area contributed by atoms with Crippen molar-refractivity contribution >= 4 is 63.7 Å². The molecule has 0 saturated heterocycles. The van der Waals surface area contributed by atoms with Crippen LogP contribution in [0.1, 0.15) is 18.6 Å². The number of hydrogen-bond acceptors (Lipinski definition) is 2. The Morgan fingerprint density at radius 1 is 0.812 bits per heavy atom. The van der Waals surface area contributed by atoms with Gasteiger partial charge in [-0.2, -0.15) is 0 Å². The van der Waals surface area contributed by atoms with Crippen LogP contribution in [0.15, 0.2) is 12.1 Å². The Morgan fingerprint density at radius 2 is 1.12 bits per heavy atom. The van der Waals surface area contributed by atoms with Crippen molar-refractivity contribution in [2.45, 2.75) is 7.47 Å². The van der Waals surface area contributed by atoms with Gasteiger partial charge in [-0.1, -0.05) is 63.7 Å². The van der Waals surface area contributed by atoms with Crippen LogP contribution in [-0.2, 0) is 0 Å². The number of halogens is 4. The molecule has 0 amide bonds. The number of rotatable bonds is 4. The van der Waals surface area contributed by atoms with E-state index in [0.29, 0.717) is 0 Å². The summed E-state index contributed by atoms with van der Waals surface area (Å²) in [7, 11) is 3.30. The molecule has 90 valence electrons. The molecule has 0 unspecified atom stereocenters. The summed E-state index contributed by atoms with van der Waals surface area (Å²) in [6.45, 7) is 0. The van der Waals surface area contributed by atoms with E-state index in [1.807, 2.05) is 12.1 Å². The number of benzene rings is 1. The lowest BCUT2D eigenvalue weighted by atomic mass is 10.1. The van der Waals surface area contributed by atoms with E-state index in [4.69, 9.17) is 9.47 Å². The third-order valence-electron chi connectivity index (χ3n) is 2.05. The zero-order valence-electron chi connectivity index (χ0n) is 8.64. The summed E-state index contributed by atoms with van der Waals surface area (Å²) in [5.41, 5.74) is 1.98. The van der Waals surface area contributed by atoms with Crippen molar-refractivity contribution in [2.24, 2.45) is 0 Å². The molecule has 0 aliphatic carbocycles. The minimum absolute atomic E-state index is 0.0296. The van der Waals surface area contributed by atoms with E-state index in [1.54, 1.807) is 14.2 Å². The molecule has 0 bridgehead atoms. The Kier molecular flexibility index (Phi) is 6.12. The van der Waals surface area contributed by atoms with Crippen LogP contribution in [0, 0.1) is 0 Å². The average molecular weight is 482 g/mol. The van der Waals surface area contributed by atoms with Gasteiger partial charge in [-0.25, -0.2) is 0 Å². The summed E-state index contributed by atoms with van der Waals surface area (Å²) in [6, 6.07) is 3.88. The number of hydrogen-bond donors (Lipinski definition) is 0. The highest BCUT2D eigenvalue weighted by Gasteiger charge is 2.18. The van der Waals surface area contributed by atoms with Crippen molar-refractivity contribution < 1.29 is 9.47 Å². The van der Waals surface area contributed by atoms with Crippen LogP contribution in [0.4, 0.5) is 0 Å². The smallest absolute Gasteiger partial charge is 0.124 e. The monoisotopic (exact) mass is 478 g/mol. The number of alkyl halides is 4. The van der Waals surface area contributed by atoms with Crippen LogP contribution in [-0.4, -0.2) is 14.2 Å². The van der Waals surface area contributed by atoms with Gasteiger partial charge in [0.15, 0.2) is 0 Å². The second-order valence-electron chi connectivity index (χ2n) is 2.94. The van der Waals surface area contributed by atoms with Gasteiger partial charge >= 0.3 is 0 Å². The summed E-state index contributed by atoms with van der Waals surface area (Å²) < 4.78 is 10.7. The van der Waals surface area contributed by atoms with E-state index in [1.165, 1.54) is 0 Å². The number of ether oxygens (including phenoxy) is 2. The molecule has 0 aromatic heterocycles. The Bertz CT molecular complexity index is 330. The Balaban J connectivity index is 3.34. The van der Waals surface area contributed by atoms with Crippen LogP contribution in [0.5, 0.6) is 11.5 Å². The van der Waals surface area contributed by atoms with Crippen molar-refractivity contribution in [1.29, 1.82) is 0 Å². The van der Waals surface area contributed by atoms with Gasteiger partial charge in [0.05, 0.1) is 21.7 Å². The summed E-state index contributed by atoms with van der Waals surface area (Å²) >= 11 is 13.8. The van der Waals surface area contributed by atoms with Gasteiger partial charge in [0.25, 0.3) is 0 Å². The van der Waals surface area contributed by atoms with E-state index in [-0.39, 0.29) is 7.47 Å². The van der Waals surface area contributed by atoms with Gasteiger partial charge in [-0.05, 0) is 12.1 Å². The molecule has 1 rings (SSSR count). The molecule has 0 spiro atoms. The minimum Gasteiger partial charge on any atom is -0.496 e. The third-order valence-corrected chi connectivity index (χ3v) is 4.03. The van der Waals surface area contributed by atoms with E-state index in [0.717, 1.165) is 22.6 Å². The zero-order valence-corrected chi connectivity index (χ0v) is 15.0. The van der Waals surface area contributed by atoms with Crippen LogP contribution < -0.4 is 9.47 Å². The molecule has 1 aromatic rings. The van der Waals surface area contributed by atoms with Crippen LogP contribution >= 0.6 is 63.7 Å². The molecule has 0 aliphatic rings. The van der Waals surface area contributed by atoms with E-state index in [9.17, 15) is 0 Å². The molecule has 0 saturated carbocycles. The van der Waals surface area contributed by atoms with E-state index < -0.39 is 0 Å². The minimum atomic E-state index is 0.0296. The maximum Gasteiger partial charge on any atom is 0.124 e. The predicted molar refractivity (Wildman–Crippen MR) is 80.7 cm³/mol. The molecule has 0 aliphatic heterocycles. The van der Waals surface area contributed by atoms with Gasteiger partial charge in [0.2, 0.25) is 0 Å². The molecule has 16 heavy (non-hydrogen) atoms. The molecule has 0 radical (unpaired) electrons. The topological polar surface area (TPSA) is 18.5 Å². The normalized spacial score (nSPS) is 11.0. The lowest BCUT2D eigenvalue weighted by molar-refractivity contribution is 0.397. The van der Waals surface area contributed by atoms with Crippen LogP contribution in [0.3, 0.4) is 0 Å². The highest BCUT2D eigenvalue weighted by atomic mass is 79.9. The molecule has 0 atom stereocenters. The number of methoxy groups -OCH3 is 2. The third kappa shape index (κ3) is 3.37. The molecule has 0 heterocycles. The van der Waals surface area contributed by atoms with Crippen molar-refractivity contribution in [1.82, 2.24) is 0 Å². The fraction of sp³-hybridized carbons (Fsp3) is 0.400.